The Morgan fingerprint density at radius 2 is 2.11 bits per heavy atom. The van der Waals surface area contributed by atoms with Crippen LogP contribution in [0.4, 0.5) is 0 Å². The van der Waals surface area contributed by atoms with Gasteiger partial charge in [-0.3, -0.25) is 15.1 Å². The molecule has 0 saturated carbocycles. The molecule has 1 amide bonds. The van der Waals surface area contributed by atoms with Crippen LogP contribution in [0, 0.1) is 12.8 Å². The van der Waals surface area contributed by atoms with Crippen molar-refractivity contribution in [3.8, 4) is 0 Å². The molecule has 1 unspecified atom stereocenters. The zero-order valence-electron chi connectivity index (χ0n) is 12.5. The monoisotopic (exact) mass is 267 g/mol. The first kappa shape index (κ1) is 15.7. The van der Waals surface area contributed by atoms with Crippen molar-refractivity contribution in [3.63, 3.8) is 0 Å². The second kappa shape index (κ2) is 6.73. The Kier molecular flexibility index (Phi) is 5.57. The van der Waals surface area contributed by atoms with Crippen molar-refractivity contribution in [3.05, 3.63) is 23.2 Å². The van der Waals surface area contributed by atoms with Crippen LogP contribution in [-0.4, -0.2) is 23.9 Å². The highest BCUT2D eigenvalue weighted by molar-refractivity contribution is 5.92. The summed E-state index contributed by atoms with van der Waals surface area (Å²) in [6.07, 6.45) is 1.13. The van der Waals surface area contributed by atoms with Crippen LogP contribution in [0.1, 0.15) is 49.1 Å². The fourth-order valence-electron chi connectivity index (χ4n) is 2.18. The van der Waals surface area contributed by atoms with Crippen LogP contribution in [-0.2, 0) is 6.54 Å². The molecule has 0 aliphatic heterocycles. The Morgan fingerprint density at radius 3 is 2.63 bits per heavy atom. The van der Waals surface area contributed by atoms with Gasteiger partial charge in [-0.05, 0) is 39.3 Å². The van der Waals surface area contributed by atoms with E-state index in [0.29, 0.717) is 24.3 Å². The van der Waals surface area contributed by atoms with Gasteiger partial charge in [-0.2, -0.15) is 0 Å². The van der Waals surface area contributed by atoms with Crippen LogP contribution in [0.15, 0.2) is 10.5 Å². The Bertz CT molecular complexity index is 426. The average Bonchev–Trinajstić information content (AvgIpc) is 2.68. The van der Waals surface area contributed by atoms with Crippen molar-refractivity contribution < 1.29 is 9.21 Å². The van der Waals surface area contributed by atoms with Gasteiger partial charge in [0.1, 0.15) is 5.76 Å². The number of nitrogens with one attached hydrogen (secondary N) is 1. The standard InChI is InChI=1S/C14H25N3O2/c1-9(2)6-11(4)17(5)8-12-7-10(3)13(19-12)14(18)16-15/h7,9,11H,6,8,15H2,1-5H3,(H,16,18). The third-order valence-corrected chi connectivity index (χ3v) is 3.28. The summed E-state index contributed by atoms with van der Waals surface area (Å²) in [5.74, 6) is 6.47. The smallest absolute Gasteiger partial charge is 0.301 e. The van der Waals surface area contributed by atoms with E-state index in [2.05, 4.69) is 38.1 Å². The summed E-state index contributed by atoms with van der Waals surface area (Å²) in [7, 11) is 2.06. The summed E-state index contributed by atoms with van der Waals surface area (Å²) in [4.78, 5) is 13.7. The number of hydrazine groups is 1. The van der Waals surface area contributed by atoms with Gasteiger partial charge in [-0.25, -0.2) is 5.84 Å². The summed E-state index contributed by atoms with van der Waals surface area (Å²) in [5, 5.41) is 0. The van der Waals surface area contributed by atoms with Gasteiger partial charge >= 0.3 is 5.91 Å². The van der Waals surface area contributed by atoms with Gasteiger partial charge in [0.2, 0.25) is 0 Å². The van der Waals surface area contributed by atoms with E-state index in [1.807, 2.05) is 13.0 Å². The van der Waals surface area contributed by atoms with Crippen LogP contribution in [0.2, 0.25) is 0 Å². The van der Waals surface area contributed by atoms with Crippen LogP contribution in [0.5, 0.6) is 0 Å². The number of amides is 1. The molecule has 5 nitrogen and oxygen atoms in total. The van der Waals surface area contributed by atoms with Gasteiger partial charge in [-0.1, -0.05) is 13.8 Å². The number of furan rings is 1. The Labute approximate surface area is 115 Å². The van der Waals surface area contributed by atoms with Crippen molar-refractivity contribution in [2.75, 3.05) is 7.05 Å². The van der Waals surface area contributed by atoms with Crippen molar-refractivity contribution in [2.24, 2.45) is 11.8 Å². The predicted octanol–water partition coefficient (Wildman–Crippen LogP) is 2.06. The van der Waals surface area contributed by atoms with Crippen LogP contribution in [0.25, 0.3) is 0 Å². The fraction of sp³-hybridized carbons (Fsp3) is 0.643. The van der Waals surface area contributed by atoms with Crippen molar-refractivity contribution in [1.82, 2.24) is 10.3 Å². The molecule has 1 aromatic heterocycles. The number of nitrogens with two attached hydrogens (primary N) is 1. The van der Waals surface area contributed by atoms with Gasteiger partial charge in [0, 0.05) is 11.6 Å². The van der Waals surface area contributed by atoms with E-state index < -0.39 is 0 Å². The zero-order valence-corrected chi connectivity index (χ0v) is 12.5. The summed E-state index contributed by atoms with van der Waals surface area (Å²) in [5.41, 5.74) is 2.90. The molecule has 3 N–H and O–H groups in total. The third kappa shape index (κ3) is 4.36. The van der Waals surface area contributed by atoms with E-state index in [1.54, 1.807) is 0 Å². The van der Waals surface area contributed by atoms with E-state index in [-0.39, 0.29) is 5.91 Å². The van der Waals surface area contributed by atoms with E-state index in [4.69, 9.17) is 10.3 Å². The number of hydrogen-bond donors (Lipinski definition) is 2. The van der Waals surface area contributed by atoms with E-state index in [9.17, 15) is 4.79 Å². The molecular weight excluding hydrogens is 242 g/mol. The minimum atomic E-state index is -0.387. The quantitative estimate of drug-likeness (QED) is 0.470. The molecule has 1 heterocycles. The minimum absolute atomic E-state index is 0.294. The molecule has 0 aliphatic rings. The van der Waals surface area contributed by atoms with Gasteiger partial charge in [-0.15, -0.1) is 0 Å². The lowest BCUT2D eigenvalue weighted by atomic mass is 10.0. The molecule has 0 spiro atoms. The molecule has 0 bridgehead atoms. The number of hydrogen-bond acceptors (Lipinski definition) is 4. The Morgan fingerprint density at radius 1 is 1.47 bits per heavy atom. The van der Waals surface area contributed by atoms with Gasteiger partial charge < -0.3 is 4.42 Å². The molecule has 19 heavy (non-hydrogen) atoms. The summed E-state index contributed by atoms with van der Waals surface area (Å²) in [6, 6.07) is 2.36. The van der Waals surface area contributed by atoms with Crippen molar-refractivity contribution >= 4 is 5.91 Å². The average molecular weight is 267 g/mol. The molecule has 0 radical (unpaired) electrons. The molecule has 1 atom stereocenters. The largest absolute Gasteiger partial charge is 0.454 e. The molecule has 0 aromatic carbocycles. The lowest BCUT2D eigenvalue weighted by Gasteiger charge is -2.25. The van der Waals surface area contributed by atoms with Gasteiger partial charge in [0.15, 0.2) is 5.76 Å². The highest BCUT2D eigenvalue weighted by Gasteiger charge is 2.17. The lowest BCUT2D eigenvalue weighted by molar-refractivity contribution is 0.0920. The van der Waals surface area contributed by atoms with Crippen LogP contribution in [0.3, 0.4) is 0 Å². The topological polar surface area (TPSA) is 71.5 Å². The van der Waals surface area contributed by atoms with Crippen molar-refractivity contribution in [2.45, 2.75) is 46.7 Å². The fourth-order valence-corrected chi connectivity index (χ4v) is 2.18. The molecule has 0 fully saturated rings. The Balaban J connectivity index is 2.70. The molecule has 1 rings (SSSR count). The zero-order chi connectivity index (χ0) is 14.6. The highest BCUT2D eigenvalue weighted by Crippen LogP contribution is 2.18. The number of aryl methyl sites for hydroxylation is 1. The minimum Gasteiger partial charge on any atom is -0.454 e. The molecule has 108 valence electrons. The Hall–Kier alpha value is -1.33. The maximum atomic E-state index is 11.5. The maximum Gasteiger partial charge on any atom is 0.301 e. The predicted molar refractivity (Wildman–Crippen MR) is 75.5 cm³/mol. The number of nitrogens with zero attached hydrogens (tertiary/aromatic N) is 1. The second-order valence-corrected chi connectivity index (χ2v) is 5.59. The molecule has 5 heteroatoms. The maximum absolute atomic E-state index is 11.5. The first-order valence-electron chi connectivity index (χ1n) is 6.65. The van der Waals surface area contributed by atoms with Crippen LogP contribution < -0.4 is 11.3 Å². The first-order valence-corrected chi connectivity index (χ1v) is 6.65. The number of nitrogen functional groups attached to an aromatic ring is 1. The molecule has 0 aliphatic carbocycles. The van der Waals surface area contributed by atoms with Gasteiger partial charge in [0.25, 0.3) is 0 Å². The van der Waals surface area contributed by atoms with E-state index in [0.717, 1.165) is 17.7 Å². The van der Waals surface area contributed by atoms with E-state index >= 15 is 0 Å². The molecule has 1 aromatic rings. The molecule has 0 saturated heterocycles. The summed E-state index contributed by atoms with van der Waals surface area (Å²) < 4.78 is 5.56. The normalized spacial score (nSPS) is 13.1. The SMILES string of the molecule is Cc1cc(CN(C)C(C)CC(C)C)oc1C(=O)NN. The molecular formula is C14H25N3O2. The van der Waals surface area contributed by atoms with E-state index in [1.165, 1.54) is 0 Å². The second-order valence-electron chi connectivity index (χ2n) is 5.59. The number of rotatable bonds is 6. The lowest BCUT2D eigenvalue weighted by Crippen LogP contribution is -2.30. The number of carbonyl (C=O) groups is 1. The summed E-state index contributed by atoms with van der Waals surface area (Å²) in [6.45, 7) is 9.15. The number of carbonyl (C=O) groups excluding carboxylic acids is 1. The van der Waals surface area contributed by atoms with Crippen molar-refractivity contribution in [1.29, 1.82) is 0 Å². The van der Waals surface area contributed by atoms with Crippen LogP contribution >= 0.6 is 0 Å². The highest BCUT2D eigenvalue weighted by atomic mass is 16.4. The summed E-state index contributed by atoms with van der Waals surface area (Å²) >= 11 is 0. The first-order chi connectivity index (χ1) is 8.85. The third-order valence-electron chi connectivity index (χ3n) is 3.28. The van der Waals surface area contributed by atoms with Gasteiger partial charge in [0.05, 0.1) is 6.54 Å².